The van der Waals surface area contributed by atoms with Gasteiger partial charge in [-0.2, -0.15) is 0 Å². The summed E-state index contributed by atoms with van der Waals surface area (Å²) in [4.78, 5) is 17.1. The van der Waals surface area contributed by atoms with Crippen LogP contribution in [0, 0.1) is 12.8 Å². The molecule has 0 aliphatic carbocycles. The molecule has 4 nitrogen and oxygen atoms in total. The van der Waals surface area contributed by atoms with E-state index in [0.717, 1.165) is 29.1 Å². The van der Waals surface area contributed by atoms with Crippen LogP contribution in [0.1, 0.15) is 42.7 Å². The van der Waals surface area contributed by atoms with E-state index in [-0.39, 0.29) is 18.1 Å². The Kier molecular flexibility index (Phi) is 5.31. The van der Waals surface area contributed by atoms with Crippen molar-refractivity contribution in [3.63, 3.8) is 0 Å². The second-order valence-electron chi connectivity index (χ2n) is 6.72. The number of hydrogen-bond donors (Lipinski definition) is 1. The fourth-order valence-corrected chi connectivity index (χ4v) is 3.77. The molecule has 24 heavy (non-hydrogen) atoms. The molecule has 2 heterocycles. The van der Waals surface area contributed by atoms with Gasteiger partial charge in [-0.25, -0.2) is 4.98 Å². The molecule has 0 bridgehead atoms. The lowest BCUT2D eigenvalue weighted by atomic mass is 9.95. The summed E-state index contributed by atoms with van der Waals surface area (Å²) in [5, 5.41) is 6.14. The van der Waals surface area contributed by atoms with E-state index in [1.807, 2.05) is 36.6 Å². The smallest absolute Gasteiger partial charge is 0.251 e. The summed E-state index contributed by atoms with van der Waals surface area (Å²) in [5.74, 6) is 0.459. The van der Waals surface area contributed by atoms with Crippen LogP contribution >= 0.6 is 11.3 Å². The SMILES string of the molecule is Cc1csc(-c2cccc(C(=O)N[C@@H]3CCO[C@@H](C(C)C)C3)c2)n1. The van der Waals surface area contributed by atoms with Crippen LogP contribution in [0.3, 0.4) is 0 Å². The summed E-state index contributed by atoms with van der Waals surface area (Å²) in [5.41, 5.74) is 2.69. The van der Waals surface area contributed by atoms with Gasteiger partial charge >= 0.3 is 0 Å². The Bertz CT molecular complexity index is 711. The molecule has 0 spiro atoms. The summed E-state index contributed by atoms with van der Waals surface area (Å²) in [7, 11) is 0. The van der Waals surface area contributed by atoms with Crippen LogP contribution in [-0.4, -0.2) is 29.6 Å². The molecule has 0 unspecified atom stereocenters. The summed E-state index contributed by atoms with van der Waals surface area (Å²) in [6, 6.07) is 7.88. The average Bonchev–Trinajstić information content (AvgIpc) is 3.02. The van der Waals surface area contributed by atoms with Gasteiger partial charge in [0.15, 0.2) is 0 Å². The Balaban J connectivity index is 1.69. The van der Waals surface area contributed by atoms with Crippen LogP contribution in [0.15, 0.2) is 29.6 Å². The molecule has 1 N–H and O–H groups in total. The maximum absolute atomic E-state index is 12.6. The number of rotatable bonds is 4. The summed E-state index contributed by atoms with van der Waals surface area (Å²) >= 11 is 1.60. The van der Waals surface area contributed by atoms with Gasteiger partial charge in [-0.3, -0.25) is 4.79 Å². The van der Waals surface area contributed by atoms with Crippen LogP contribution in [0.4, 0.5) is 0 Å². The predicted molar refractivity (Wildman–Crippen MR) is 97.4 cm³/mol. The Labute approximate surface area is 147 Å². The molecule has 3 rings (SSSR count). The van der Waals surface area contributed by atoms with Crippen molar-refractivity contribution in [3.05, 3.63) is 40.9 Å². The molecule has 1 aliphatic heterocycles. The number of carbonyl (C=O) groups excluding carboxylic acids is 1. The number of carbonyl (C=O) groups is 1. The van der Waals surface area contributed by atoms with Crippen LogP contribution in [0.25, 0.3) is 10.6 Å². The highest BCUT2D eigenvalue weighted by molar-refractivity contribution is 7.13. The van der Waals surface area contributed by atoms with E-state index >= 15 is 0 Å². The Morgan fingerprint density at radius 3 is 2.96 bits per heavy atom. The van der Waals surface area contributed by atoms with E-state index in [1.54, 1.807) is 11.3 Å². The first-order chi connectivity index (χ1) is 11.5. The van der Waals surface area contributed by atoms with Crippen LogP contribution in [0.5, 0.6) is 0 Å². The molecule has 0 saturated carbocycles. The van der Waals surface area contributed by atoms with E-state index in [1.165, 1.54) is 0 Å². The lowest BCUT2D eigenvalue weighted by molar-refractivity contribution is -0.0233. The maximum atomic E-state index is 12.6. The maximum Gasteiger partial charge on any atom is 0.251 e. The molecule has 1 aliphatic rings. The number of hydrogen-bond acceptors (Lipinski definition) is 4. The van der Waals surface area contributed by atoms with Crippen molar-refractivity contribution in [2.24, 2.45) is 5.92 Å². The van der Waals surface area contributed by atoms with Crippen molar-refractivity contribution < 1.29 is 9.53 Å². The molecule has 1 fully saturated rings. The predicted octanol–water partition coefficient (Wildman–Crippen LogP) is 4.05. The third kappa shape index (κ3) is 4.02. The summed E-state index contributed by atoms with van der Waals surface area (Å²) < 4.78 is 5.78. The van der Waals surface area contributed by atoms with Crippen molar-refractivity contribution in [1.29, 1.82) is 0 Å². The molecule has 1 aromatic carbocycles. The molecule has 1 aromatic heterocycles. The van der Waals surface area contributed by atoms with Gasteiger partial charge < -0.3 is 10.1 Å². The van der Waals surface area contributed by atoms with Gasteiger partial charge in [0.1, 0.15) is 5.01 Å². The van der Waals surface area contributed by atoms with Crippen LogP contribution in [-0.2, 0) is 4.74 Å². The van der Waals surface area contributed by atoms with Gasteiger partial charge in [0.25, 0.3) is 5.91 Å². The number of aromatic nitrogens is 1. The molecular weight excluding hydrogens is 320 g/mol. The second-order valence-corrected chi connectivity index (χ2v) is 7.58. The lowest BCUT2D eigenvalue weighted by Crippen LogP contribution is -2.43. The van der Waals surface area contributed by atoms with Crippen molar-refractivity contribution >= 4 is 17.2 Å². The minimum absolute atomic E-state index is 0.0143. The first-order valence-electron chi connectivity index (χ1n) is 8.48. The largest absolute Gasteiger partial charge is 0.378 e. The van der Waals surface area contributed by atoms with Gasteiger partial charge in [-0.05, 0) is 37.8 Å². The van der Waals surface area contributed by atoms with Gasteiger partial charge in [0.2, 0.25) is 0 Å². The minimum atomic E-state index is -0.0143. The van der Waals surface area contributed by atoms with E-state index in [2.05, 4.69) is 24.1 Å². The van der Waals surface area contributed by atoms with E-state index in [4.69, 9.17) is 4.74 Å². The fourth-order valence-electron chi connectivity index (χ4n) is 2.97. The van der Waals surface area contributed by atoms with Crippen LogP contribution in [0.2, 0.25) is 0 Å². The molecule has 2 atom stereocenters. The third-order valence-corrected chi connectivity index (χ3v) is 5.39. The van der Waals surface area contributed by atoms with Crippen molar-refractivity contribution in [2.75, 3.05) is 6.61 Å². The second kappa shape index (κ2) is 7.45. The number of nitrogens with zero attached hydrogens (tertiary/aromatic N) is 1. The zero-order chi connectivity index (χ0) is 17.1. The highest BCUT2D eigenvalue weighted by Crippen LogP contribution is 2.25. The molecule has 1 amide bonds. The first-order valence-corrected chi connectivity index (χ1v) is 9.36. The van der Waals surface area contributed by atoms with E-state index in [0.29, 0.717) is 18.1 Å². The molecule has 5 heteroatoms. The van der Waals surface area contributed by atoms with Crippen molar-refractivity contribution in [2.45, 2.75) is 45.8 Å². The molecule has 0 radical (unpaired) electrons. The highest BCUT2D eigenvalue weighted by atomic mass is 32.1. The van der Waals surface area contributed by atoms with Gasteiger partial charge in [-0.1, -0.05) is 26.0 Å². The summed E-state index contributed by atoms with van der Waals surface area (Å²) in [6.45, 7) is 7.02. The van der Waals surface area contributed by atoms with E-state index < -0.39 is 0 Å². The number of nitrogens with one attached hydrogen (secondary N) is 1. The molecule has 128 valence electrons. The standard InChI is InChI=1S/C19H24N2O2S/c1-12(2)17-10-16(7-8-23-17)21-18(22)14-5-4-6-15(9-14)19-20-13(3)11-24-19/h4-6,9,11-12,16-17H,7-8,10H2,1-3H3,(H,21,22)/t16-,17-/m1/s1. The Hall–Kier alpha value is -1.72. The van der Waals surface area contributed by atoms with E-state index in [9.17, 15) is 4.79 Å². The molecule has 2 aromatic rings. The number of thiazole rings is 1. The zero-order valence-electron chi connectivity index (χ0n) is 14.4. The molecule has 1 saturated heterocycles. The van der Waals surface area contributed by atoms with Gasteiger partial charge in [0.05, 0.1) is 6.10 Å². The van der Waals surface area contributed by atoms with Crippen LogP contribution < -0.4 is 5.32 Å². The number of amides is 1. The van der Waals surface area contributed by atoms with Crippen molar-refractivity contribution in [1.82, 2.24) is 10.3 Å². The zero-order valence-corrected chi connectivity index (χ0v) is 15.2. The fraction of sp³-hybridized carbons (Fsp3) is 0.474. The number of benzene rings is 1. The van der Waals surface area contributed by atoms with Crippen molar-refractivity contribution in [3.8, 4) is 10.6 Å². The highest BCUT2D eigenvalue weighted by Gasteiger charge is 2.26. The summed E-state index contributed by atoms with van der Waals surface area (Å²) in [6.07, 6.45) is 1.99. The molecular formula is C19H24N2O2S. The topological polar surface area (TPSA) is 51.2 Å². The normalized spacial score (nSPS) is 21.0. The minimum Gasteiger partial charge on any atom is -0.378 e. The Morgan fingerprint density at radius 1 is 1.42 bits per heavy atom. The third-order valence-electron chi connectivity index (χ3n) is 4.38. The first kappa shape index (κ1) is 17.1. The average molecular weight is 344 g/mol. The monoisotopic (exact) mass is 344 g/mol. The quantitative estimate of drug-likeness (QED) is 0.910. The number of aryl methyl sites for hydroxylation is 1. The van der Waals surface area contributed by atoms with Gasteiger partial charge in [-0.15, -0.1) is 11.3 Å². The number of ether oxygens (including phenoxy) is 1. The van der Waals surface area contributed by atoms with Gasteiger partial charge in [0, 0.05) is 34.8 Å². The lowest BCUT2D eigenvalue weighted by Gasteiger charge is -2.32. The Morgan fingerprint density at radius 2 is 2.25 bits per heavy atom.